The van der Waals surface area contributed by atoms with Gasteiger partial charge in [0.15, 0.2) is 0 Å². The maximum absolute atomic E-state index is 10.2. The molecular weight excluding hydrogens is 2030 g/mol. The molecule has 0 radical (unpaired) electrons. The van der Waals surface area contributed by atoms with Crippen molar-refractivity contribution in [2.45, 2.75) is 498 Å². The molecule has 0 aliphatic rings. The van der Waals surface area contributed by atoms with Crippen molar-refractivity contribution in [2.24, 2.45) is 0 Å². The second kappa shape index (κ2) is 160. The van der Waals surface area contributed by atoms with Crippen molar-refractivity contribution in [3.63, 3.8) is 0 Å². The zero-order chi connectivity index (χ0) is 90.9. The Morgan fingerprint density at radius 1 is 0.112 bits per heavy atom. The molecule has 0 rings (SSSR count). The summed E-state index contributed by atoms with van der Waals surface area (Å²) in [5, 5.41) is 0. The second-order valence-electron chi connectivity index (χ2n) is 31.0. The van der Waals surface area contributed by atoms with Crippen molar-refractivity contribution in [2.75, 3.05) is 46.2 Å². The minimum Gasteiger partial charge on any atom is -0.264 e. The average Bonchev–Trinajstić information content (AvgIpc) is 1.03. The molecule has 0 heterocycles. The van der Waals surface area contributed by atoms with Gasteiger partial charge in [-0.1, -0.05) is 453 Å². The first-order valence-electron chi connectivity index (χ1n) is 46.7. The molecule has 0 aromatic carbocycles. The van der Waals surface area contributed by atoms with Gasteiger partial charge in [-0.05, 0) is 44.9 Å². The van der Waals surface area contributed by atoms with Gasteiger partial charge in [0.05, 0.1) is 46.2 Å². The topological polar surface area (TPSA) is 445 Å². The van der Waals surface area contributed by atoms with E-state index in [4.69, 9.17) is 31.9 Å². The maximum Gasteiger partial charge on any atom is 1.00 e. The third-order valence-corrected chi connectivity index (χ3v) is 22.4. The fraction of sp³-hybridized carbons (Fsp3) is 1.00. The Morgan fingerprint density at radius 3 is 0.216 bits per heavy atom. The van der Waals surface area contributed by atoms with Gasteiger partial charge in [-0.3, -0.25) is 31.9 Å². The molecule has 728 valence electrons. The molecule has 0 bridgehead atoms. The average molecular weight is 2210 g/mol. The summed E-state index contributed by atoms with van der Waals surface area (Å²) < 4.78 is 231. The SMILES string of the molecule is CCCCCCCCCCCCOS(=O)(=O)O.CCCCCCCCCCCCOS(=O)(=O)O.CCCCCCCCCCCCOS(=O)(=O)O.CCCCCCCCCCCCOS(=O)(=O)O.CCCCCCCCCCCCOS(=O)(=O)O.CCCCCCCCCCCCOS(=O)(=O)O.CCCCCCCCCCCCOS(=O)(=O)O.[Na+].[Na+].[Na+].[Na+].[Na+].[Na+].[Na+].[Na+].[Na+].[Na+].[Na+].[Na+].[Na+].[Na+].[Na+]. The van der Waals surface area contributed by atoms with Gasteiger partial charge >= 0.3 is 516 Å². The standard InChI is InChI=1S/7C12H26O4S.15Na/c7*1-2-3-4-5-6-7-8-9-10-11-12-16-17(13,14)15;;;;;;;;;;;;;;;/h7*2-12H2,1H3,(H,13,14,15);;;;;;;;;;;;;;;/q;;;;;;;15*+1. The van der Waals surface area contributed by atoms with Crippen molar-refractivity contribution in [3.05, 3.63) is 0 Å². The van der Waals surface area contributed by atoms with Gasteiger partial charge in [0.2, 0.25) is 0 Å². The molecule has 7 N–H and O–H groups in total. The van der Waals surface area contributed by atoms with Crippen LogP contribution in [-0.2, 0) is 102 Å². The number of rotatable bonds is 84. The predicted octanol–water partition coefficient (Wildman–Crippen LogP) is -18.9. The van der Waals surface area contributed by atoms with Crippen LogP contribution < -0.4 is 443 Å². The van der Waals surface area contributed by atoms with Crippen LogP contribution in [0.25, 0.3) is 0 Å². The van der Waals surface area contributed by atoms with Crippen LogP contribution in [0, 0.1) is 0 Å². The van der Waals surface area contributed by atoms with E-state index in [-0.39, 0.29) is 490 Å². The molecule has 0 aliphatic heterocycles. The second-order valence-corrected chi connectivity index (χ2v) is 38.7. The molecule has 0 aliphatic carbocycles. The minimum absolute atomic E-state index is 0. The number of hydrogen-bond donors (Lipinski definition) is 7. The molecule has 0 aromatic rings. The Bertz CT molecular complexity index is 2340. The predicted molar refractivity (Wildman–Crippen MR) is 485 cm³/mol. The summed E-state index contributed by atoms with van der Waals surface area (Å²) in [6.07, 6.45) is 83.0. The Balaban J connectivity index is -0.0000000536. The Kier molecular flexibility index (Phi) is 241. The Morgan fingerprint density at radius 2 is 0.164 bits per heavy atom. The van der Waals surface area contributed by atoms with Gasteiger partial charge in [-0.15, -0.1) is 0 Å². The molecule has 0 aromatic heterocycles. The Labute approximate surface area is 1160 Å². The van der Waals surface area contributed by atoms with E-state index >= 15 is 0 Å². The van der Waals surface area contributed by atoms with Crippen molar-refractivity contribution < 1.29 is 563 Å². The van der Waals surface area contributed by atoms with Gasteiger partial charge in [0.25, 0.3) is 0 Å². The molecule has 0 amide bonds. The van der Waals surface area contributed by atoms with E-state index in [1.807, 2.05) is 0 Å². The van der Waals surface area contributed by atoms with Gasteiger partial charge in [0, 0.05) is 0 Å². The van der Waals surface area contributed by atoms with Gasteiger partial charge in [0.1, 0.15) is 0 Å². The molecule has 0 spiro atoms. The monoisotopic (exact) mass is 2210 g/mol. The number of unbranched alkanes of at least 4 members (excludes halogenated alkanes) is 63. The molecule has 0 fully saturated rings. The van der Waals surface area contributed by atoms with Gasteiger partial charge < -0.3 is 0 Å². The first kappa shape index (κ1) is 202. The molecule has 134 heavy (non-hydrogen) atoms. The van der Waals surface area contributed by atoms with E-state index in [0.29, 0.717) is 44.9 Å². The summed E-state index contributed by atoms with van der Waals surface area (Å²) >= 11 is 0. The van der Waals surface area contributed by atoms with Crippen molar-refractivity contribution >= 4 is 72.8 Å². The van der Waals surface area contributed by atoms with Gasteiger partial charge in [-0.2, -0.15) is 58.9 Å². The summed E-state index contributed by atoms with van der Waals surface area (Å²) in [4.78, 5) is 0. The fourth-order valence-electron chi connectivity index (χ4n) is 12.3. The summed E-state index contributed by atoms with van der Waals surface area (Å²) in [7, 11) is -29.6. The molecule has 28 nitrogen and oxygen atoms in total. The van der Waals surface area contributed by atoms with Crippen molar-refractivity contribution in [1.82, 2.24) is 0 Å². The van der Waals surface area contributed by atoms with Crippen LogP contribution in [0.15, 0.2) is 0 Å². The van der Waals surface area contributed by atoms with E-state index in [1.165, 1.54) is 315 Å². The van der Waals surface area contributed by atoms with E-state index in [0.717, 1.165) is 89.9 Å². The van der Waals surface area contributed by atoms with Crippen LogP contribution in [-0.4, -0.2) is 137 Å². The van der Waals surface area contributed by atoms with Crippen LogP contribution >= 0.6 is 0 Å². The summed E-state index contributed by atoms with van der Waals surface area (Å²) in [6, 6.07) is 0. The molecule has 50 heteroatoms. The number of hydrogen-bond acceptors (Lipinski definition) is 21. The summed E-state index contributed by atoms with van der Waals surface area (Å²) in [6.45, 7) is 16.2. The third-order valence-electron chi connectivity index (χ3n) is 19.1. The molecular formula is C84H182Na15O28S7+15. The smallest absolute Gasteiger partial charge is 0.264 e. The first-order chi connectivity index (χ1) is 56.4. The summed E-state index contributed by atoms with van der Waals surface area (Å²) in [5.41, 5.74) is 0. The quantitative estimate of drug-likeness (QED) is 0.0169. The van der Waals surface area contributed by atoms with E-state index in [9.17, 15) is 58.9 Å². The van der Waals surface area contributed by atoms with Crippen LogP contribution in [0.1, 0.15) is 498 Å². The van der Waals surface area contributed by atoms with E-state index in [2.05, 4.69) is 77.7 Å². The van der Waals surface area contributed by atoms with E-state index in [1.54, 1.807) is 0 Å². The zero-order valence-electron chi connectivity index (χ0n) is 91.0. The maximum atomic E-state index is 10.2. The first-order valence-corrected chi connectivity index (χ1v) is 56.3. The normalized spacial score (nSPS) is 10.6. The fourth-order valence-corrected chi connectivity index (χ4v) is 14.6. The molecule has 0 unspecified atom stereocenters. The zero-order valence-corrected chi connectivity index (χ0v) is 127. The van der Waals surface area contributed by atoms with Crippen LogP contribution in [0.5, 0.6) is 0 Å². The largest absolute Gasteiger partial charge is 1.00 e. The van der Waals surface area contributed by atoms with E-state index < -0.39 is 72.8 Å². The van der Waals surface area contributed by atoms with Crippen molar-refractivity contribution in [1.29, 1.82) is 0 Å². The molecule has 0 saturated heterocycles. The van der Waals surface area contributed by atoms with Crippen LogP contribution in [0.3, 0.4) is 0 Å². The molecule has 0 atom stereocenters. The Hall–Kier alpha value is 14.1. The molecule has 0 saturated carbocycles. The van der Waals surface area contributed by atoms with Crippen molar-refractivity contribution in [3.8, 4) is 0 Å². The van der Waals surface area contributed by atoms with Gasteiger partial charge in [-0.25, -0.2) is 29.3 Å². The summed E-state index contributed by atoms with van der Waals surface area (Å²) in [5.74, 6) is 0. The minimum atomic E-state index is -4.23. The van der Waals surface area contributed by atoms with Crippen LogP contribution in [0.2, 0.25) is 0 Å². The van der Waals surface area contributed by atoms with Crippen LogP contribution in [0.4, 0.5) is 0 Å². The third kappa shape index (κ3) is 245.